The zero-order valence-electron chi connectivity index (χ0n) is 8.95. The van der Waals surface area contributed by atoms with Gasteiger partial charge >= 0.3 is 4.83 Å². The third kappa shape index (κ3) is 3.72. The Kier molecular flexibility index (Phi) is 4.27. The summed E-state index contributed by atoms with van der Waals surface area (Å²) < 4.78 is 30.8. The van der Waals surface area contributed by atoms with Crippen molar-refractivity contribution in [3.8, 4) is 5.75 Å². The number of benzene rings is 1. The van der Waals surface area contributed by atoms with E-state index < -0.39 is 10.9 Å². The smallest absolute Gasteiger partial charge is 0.330 e. The first kappa shape index (κ1) is 13.4. The number of hydrogen-bond acceptors (Lipinski definition) is 2. The van der Waals surface area contributed by atoms with Gasteiger partial charge in [0, 0.05) is 0 Å². The summed E-state index contributed by atoms with van der Waals surface area (Å²) in [4.78, 5) is -3.33. The van der Waals surface area contributed by atoms with Crippen molar-refractivity contribution in [3.63, 3.8) is 0 Å². The Bertz CT molecular complexity index is 333. The SMILES string of the molecule is CC(C)Oc1ccc(C(O)C(F)(F)Br)cc1. The lowest BCUT2D eigenvalue weighted by molar-refractivity contribution is -0.0294. The second-order valence-electron chi connectivity index (χ2n) is 3.68. The van der Waals surface area contributed by atoms with E-state index in [1.54, 1.807) is 12.1 Å². The summed E-state index contributed by atoms with van der Waals surface area (Å²) in [6.07, 6.45) is -1.84. The first-order chi connectivity index (χ1) is 7.30. The van der Waals surface area contributed by atoms with E-state index in [0.717, 1.165) is 0 Å². The molecule has 1 atom stereocenters. The van der Waals surface area contributed by atoms with Gasteiger partial charge in [-0.3, -0.25) is 0 Å². The van der Waals surface area contributed by atoms with E-state index in [4.69, 9.17) is 4.74 Å². The Balaban J connectivity index is 2.79. The van der Waals surface area contributed by atoms with Gasteiger partial charge in [0.15, 0.2) is 6.10 Å². The lowest BCUT2D eigenvalue weighted by atomic mass is 10.1. The van der Waals surface area contributed by atoms with Gasteiger partial charge in [0.05, 0.1) is 6.10 Å². The van der Waals surface area contributed by atoms with Crippen molar-refractivity contribution in [2.24, 2.45) is 0 Å². The summed E-state index contributed by atoms with van der Waals surface area (Å²) in [5.74, 6) is 0.587. The average molecular weight is 295 g/mol. The molecule has 0 aliphatic rings. The Labute approximate surface area is 101 Å². The number of aliphatic hydroxyl groups is 1. The topological polar surface area (TPSA) is 29.5 Å². The van der Waals surface area contributed by atoms with Crippen molar-refractivity contribution in [2.45, 2.75) is 30.9 Å². The molecule has 1 aromatic carbocycles. The highest BCUT2D eigenvalue weighted by atomic mass is 79.9. The predicted octanol–water partition coefficient (Wildman–Crippen LogP) is 3.49. The number of hydrogen-bond donors (Lipinski definition) is 1. The molecular formula is C11H13BrF2O2. The van der Waals surface area contributed by atoms with Crippen LogP contribution in [0, 0.1) is 0 Å². The number of alkyl halides is 3. The van der Waals surface area contributed by atoms with Crippen LogP contribution in [0.1, 0.15) is 25.5 Å². The molecule has 0 aliphatic carbocycles. The molecule has 0 heterocycles. The average Bonchev–Trinajstić information content (AvgIpc) is 2.15. The van der Waals surface area contributed by atoms with E-state index in [9.17, 15) is 13.9 Å². The zero-order chi connectivity index (χ0) is 12.3. The molecular weight excluding hydrogens is 282 g/mol. The van der Waals surface area contributed by atoms with E-state index in [2.05, 4.69) is 15.9 Å². The van der Waals surface area contributed by atoms with Gasteiger partial charge < -0.3 is 9.84 Å². The molecule has 0 aromatic heterocycles. The summed E-state index contributed by atoms with van der Waals surface area (Å²) >= 11 is 2.12. The van der Waals surface area contributed by atoms with Crippen LogP contribution >= 0.6 is 15.9 Å². The fourth-order valence-corrected chi connectivity index (χ4v) is 1.45. The van der Waals surface area contributed by atoms with Gasteiger partial charge in [-0.1, -0.05) is 12.1 Å². The van der Waals surface area contributed by atoms with Crippen molar-refractivity contribution in [2.75, 3.05) is 0 Å². The van der Waals surface area contributed by atoms with Crippen molar-refractivity contribution in [3.05, 3.63) is 29.8 Å². The molecule has 1 unspecified atom stereocenters. The minimum Gasteiger partial charge on any atom is -0.491 e. The van der Waals surface area contributed by atoms with E-state index >= 15 is 0 Å². The number of ether oxygens (including phenoxy) is 1. The molecule has 0 amide bonds. The third-order valence-electron chi connectivity index (χ3n) is 1.88. The Morgan fingerprint density at radius 1 is 1.25 bits per heavy atom. The molecule has 90 valence electrons. The molecule has 0 saturated heterocycles. The number of halogens is 3. The lowest BCUT2D eigenvalue weighted by Crippen LogP contribution is -2.18. The Morgan fingerprint density at radius 2 is 1.75 bits per heavy atom. The van der Waals surface area contributed by atoms with E-state index in [1.807, 2.05) is 13.8 Å². The summed E-state index contributed by atoms with van der Waals surface area (Å²) in [7, 11) is 0. The summed E-state index contributed by atoms with van der Waals surface area (Å²) in [5.41, 5.74) is 0.137. The third-order valence-corrected chi connectivity index (χ3v) is 2.31. The largest absolute Gasteiger partial charge is 0.491 e. The summed E-state index contributed by atoms with van der Waals surface area (Å²) in [6.45, 7) is 3.74. The number of rotatable bonds is 4. The molecule has 1 rings (SSSR count). The highest BCUT2D eigenvalue weighted by Gasteiger charge is 2.35. The fourth-order valence-electron chi connectivity index (χ4n) is 1.19. The van der Waals surface area contributed by atoms with Crippen LogP contribution in [0.4, 0.5) is 8.78 Å². The molecule has 0 aliphatic heterocycles. The fraction of sp³-hybridized carbons (Fsp3) is 0.455. The van der Waals surface area contributed by atoms with Crippen LogP contribution in [0.5, 0.6) is 5.75 Å². The lowest BCUT2D eigenvalue weighted by Gasteiger charge is -2.17. The van der Waals surface area contributed by atoms with E-state index in [0.29, 0.717) is 5.75 Å². The summed E-state index contributed by atoms with van der Waals surface area (Å²) in [6, 6.07) is 5.93. The standard InChI is InChI=1S/C11H13BrF2O2/c1-7(2)16-9-5-3-8(4-6-9)10(15)11(12,13)14/h3-7,10,15H,1-2H3. The maximum Gasteiger partial charge on any atom is 0.330 e. The molecule has 1 N–H and O–H groups in total. The van der Waals surface area contributed by atoms with Crippen LogP contribution in [-0.2, 0) is 0 Å². The van der Waals surface area contributed by atoms with E-state index in [1.165, 1.54) is 12.1 Å². The molecule has 1 aromatic rings. The summed E-state index contributed by atoms with van der Waals surface area (Å²) in [5, 5.41) is 9.29. The van der Waals surface area contributed by atoms with Crippen molar-refractivity contribution in [1.29, 1.82) is 0 Å². The van der Waals surface area contributed by atoms with E-state index in [-0.39, 0.29) is 11.7 Å². The zero-order valence-corrected chi connectivity index (χ0v) is 10.5. The van der Waals surface area contributed by atoms with Gasteiger partial charge in [-0.25, -0.2) is 0 Å². The first-order valence-electron chi connectivity index (χ1n) is 4.82. The van der Waals surface area contributed by atoms with Crippen LogP contribution in [0.2, 0.25) is 0 Å². The highest BCUT2D eigenvalue weighted by Crippen LogP contribution is 2.36. The van der Waals surface area contributed by atoms with Crippen LogP contribution in [0.15, 0.2) is 24.3 Å². The molecule has 0 radical (unpaired) electrons. The van der Waals surface area contributed by atoms with Gasteiger partial charge in [0.25, 0.3) is 0 Å². The molecule has 0 saturated carbocycles. The van der Waals surface area contributed by atoms with Crippen LogP contribution in [-0.4, -0.2) is 16.0 Å². The monoisotopic (exact) mass is 294 g/mol. The second-order valence-corrected chi connectivity index (χ2v) is 4.74. The van der Waals surface area contributed by atoms with Gasteiger partial charge in [-0.2, -0.15) is 8.78 Å². The number of aliphatic hydroxyl groups excluding tert-OH is 1. The van der Waals surface area contributed by atoms with Crippen molar-refractivity contribution in [1.82, 2.24) is 0 Å². The second kappa shape index (κ2) is 5.10. The van der Waals surface area contributed by atoms with Gasteiger partial charge in [0.1, 0.15) is 5.75 Å². The highest BCUT2D eigenvalue weighted by molar-refractivity contribution is 9.10. The maximum atomic E-state index is 12.7. The van der Waals surface area contributed by atoms with Crippen LogP contribution in [0.25, 0.3) is 0 Å². The maximum absolute atomic E-state index is 12.7. The minimum absolute atomic E-state index is 0.0217. The van der Waals surface area contributed by atoms with Crippen LogP contribution in [0.3, 0.4) is 0 Å². The van der Waals surface area contributed by atoms with Gasteiger partial charge in [0.2, 0.25) is 0 Å². The molecule has 16 heavy (non-hydrogen) atoms. The van der Waals surface area contributed by atoms with Crippen LogP contribution < -0.4 is 4.74 Å². The first-order valence-corrected chi connectivity index (χ1v) is 5.61. The normalized spacial score (nSPS) is 13.9. The molecule has 0 fully saturated rings. The molecule has 5 heteroatoms. The Hall–Kier alpha value is -0.680. The van der Waals surface area contributed by atoms with Crippen molar-refractivity contribution >= 4 is 15.9 Å². The van der Waals surface area contributed by atoms with Crippen molar-refractivity contribution < 1.29 is 18.6 Å². The van der Waals surface area contributed by atoms with Gasteiger partial charge in [-0.05, 0) is 47.5 Å². The van der Waals surface area contributed by atoms with Gasteiger partial charge in [-0.15, -0.1) is 0 Å². The quantitative estimate of drug-likeness (QED) is 0.862. The minimum atomic E-state index is -3.33. The predicted molar refractivity (Wildman–Crippen MR) is 61.0 cm³/mol. The molecule has 0 bridgehead atoms. The molecule has 0 spiro atoms. The molecule has 2 nitrogen and oxygen atoms in total. The Morgan fingerprint density at radius 3 is 2.12 bits per heavy atom.